The number of amides is 3. The van der Waals surface area contributed by atoms with Crippen molar-refractivity contribution in [1.82, 2.24) is 29.7 Å². The van der Waals surface area contributed by atoms with E-state index in [9.17, 15) is 19.2 Å². The molecule has 1 N–H and O–H groups in total. The molecule has 226 valence electrons. The number of nitrogens with zero attached hydrogens (tertiary/aromatic N) is 5. The van der Waals surface area contributed by atoms with Crippen molar-refractivity contribution in [2.75, 3.05) is 26.2 Å². The van der Waals surface area contributed by atoms with Crippen LogP contribution < -0.4 is 10.9 Å². The summed E-state index contributed by atoms with van der Waals surface area (Å²) >= 11 is 0. The van der Waals surface area contributed by atoms with Gasteiger partial charge in [0.25, 0.3) is 11.5 Å². The molecule has 3 aromatic rings. The molecule has 0 spiro atoms. The van der Waals surface area contributed by atoms with Gasteiger partial charge in [-0.3, -0.25) is 19.1 Å². The number of carbonyl (C=O) groups is 3. The Morgan fingerprint density at radius 3 is 2.47 bits per heavy atom. The van der Waals surface area contributed by atoms with E-state index < -0.39 is 29.7 Å². The summed E-state index contributed by atoms with van der Waals surface area (Å²) in [4.78, 5) is 64.3. The monoisotopic (exact) mass is 588 g/mol. The second-order valence-corrected chi connectivity index (χ2v) is 11.5. The van der Waals surface area contributed by atoms with Crippen LogP contribution in [0.15, 0.2) is 53.6 Å². The van der Waals surface area contributed by atoms with Crippen molar-refractivity contribution in [3.05, 3.63) is 81.7 Å². The number of rotatable bonds is 4. The summed E-state index contributed by atoms with van der Waals surface area (Å²) in [6.45, 7) is 8.70. The normalized spacial score (nSPS) is 16.4. The first-order valence-corrected chi connectivity index (χ1v) is 14.4. The predicted molar refractivity (Wildman–Crippen MR) is 157 cm³/mol. The fourth-order valence-electron chi connectivity index (χ4n) is 5.21. The molecule has 2 aliphatic rings. The Hall–Kier alpha value is -4.74. The van der Waals surface area contributed by atoms with Gasteiger partial charge in [0, 0.05) is 55.8 Å². The second kappa shape index (κ2) is 12.2. The Morgan fingerprint density at radius 1 is 0.977 bits per heavy atom. The molecule has 1 aromatic carbocycles. The van der Waals surface area contributed by atoms with Crippen LogP contribution in [0.1, 0.15) is 61.0 Å². The molecular weight excluding hydrogens is 552 g/mol. The van der Waals surface area contributed by atoms with E-state index >= 15 is 0 Å². The van der Waals surface area contributed by atoms with Crippen molar-refractivity contribution in [2.24, 2.45) is 0 Å². The van der Waals surface area contributed by atoms with Gasteiger partial charge in [0.15, 0.2) is 0 Å². The van der Waals surface area contributed by atoms with Gasteiger partial charge in [-0.1, -0.05) is 6.07 Å². The Labute approximate surface area is 249 Å². The van der Waals surface area contributed by atoms with Gasteiger partial charge in [0.1, 0.15) is 17.5 Å². The molecule has 0 radical (unpaired) electrons. The summed E-state index contributed by atoms with van der Waals surface area (Å²) in [6, 6.07) is 9.55. The van der Waals surface area contributed by atoms with Crippen molar-refractivity contribution in [2.45, 2.75) is 58.8 Å². The van der Waals surface area contributed by atoms with Crippen LogP contribution >= 0.6 is 0 Å². The van der Waals surface area contributed by atoms with Gasteiger partial charge in [-0.25, -0.2) is 14.6 Å². The molecule has 1 unspecified atom stereocenters. The van der Waals surface area contributed by atoms with Gasteiger partial charge >= 0.3 is 12.2 Å². The van der Waals surface area contributed by atoms with Crippen molar-refractivity contribution in [3.63, 3.8) is 0 Å². The molecule has 43 heavy (non-hydrogen) atoms. The number of hydrogen-bond acceptors (Lipinski definition) is 8. The smallest absolute Gasteiger partial charge is 0.410 e. The zero-order valence-electron chi connectivity index (χ0n) is 24.8. The fraction of sp³-hybridized carbons (Fsp3) is 0.419. The maximum atomic E-state index is 13.7. The highest BCUT2D eigenvalue weighted by Crippen LogP contribution is 2.25. The number of pyridine rings is 1. The Bertz CT molecular complexity index is 1580. The minimum absolute atomic E-state index is 0.0637. The number of fused-ring (bicyclic) bond motifs is 2. The molecule has 0 saturated heterocycles. The average molecular weight is 589 g/mol. The van der Waals surface area contributed by atoms with Crippen LogP contribution in [0.3, 0.4) is 0 Å². The quantitative estimate of drug-likeness (QED) is 0.489. The van der Waals surface area contributed by atoms with E-state index in [4.69, 9.17) is 14.5 Å². The highest BCUT2D eigenvalue weighted by Gasteiger charge is 2.31. The van der Waals surface area contributed by atoms with E-state index in [0.717, 1.165) is 11.1 Å². The molecule has 0 saturated carbocycles. The SMILES string of the molecule is CCOC(=O)N1CCn2c(nc(-c3ccncc3)cc2=O)C(NC(=O)c2ccc3c(c2)CN(C(=O)OC(C)(C)C)CC3)C1. The van der Waals surface area contributed by atoms with Crippen LogP contribution in [0.2, 0.25) is 0 Å². The molecule has 1 atom stereocenters. The number of nitrogens with one attached hydrogen (secondary N) is 1. The third kappa shape index (κ3) is 6.85. The van der Waals surface area contributed by atoms with Crippen LogP contribution in [0.25, 0.3) is 11.3 Å². The Balaban J connectivity index is 1.44. The second-order valence-electron chi connectivity index (χ2n) is 11.5. The molecule has 12 nitrogen and oxygen atoms in total. The van der Waals surface area contributed by atoms with Crippen LogP contribution in [0.4, 0.5) is 9.59 Å². The molecule has 0 fully saturated rings. The lowest BCUT2D eigenvalue weighted by Gasteiger charge is -2.31. The zero-order valence-corrected chi connectivity index (χ0v) is 24.8. The maximum absolute atomic E-state index is 13.7. The van der Waals surface area contributed by atoms with Gasteiger partial charge in [0.2, 0.25) is 0 Å². The molecule has 5 rings (SSSR count). The fourth-order valence-corrected chi connectivity index (χ4v) is 5.21. The summed E-state index contributed by atoms with van der Waals surface area (Å²) < 4.78 is 12.3. The van der Waals surface area contributed by atoms with Crippen molar-refractivity contribution < 1.29 is 23.9 Å². The topological polar surface area (TPSA) is 136 Å². The number of ether oxygens (including phenoxy) is 2. The van der Waals surface area contributed by atoms with Gasteiger partial charge in [-0.2, -0.15) is 0 Å². The van der Waals surface area contributed by atoms with Gasteiger partial charge in [0.05, 0.1) is 18.8 Å². The van der Waals surface area contributed by atoms with Crippen LogP contribution in [-0.4, -0.2) is 74.3 Å². The lowest BCUT2D eigenvalue weighted by Crippen LogP contribution is -2.41. The first-order valence-electron chi connectivity index (χ1n) is 14.4. The molecular formula is C31H36N6O6. The Morgan fingerprint density at radius 2 is 1.74 bits per heavy atom. The molecule has 0 aliphatic carbocycles. The van der Waals surface area contributed by atoms with E-state index in [1.807, 2.05) is 26.8 Å². The minimum atomic E-state index is -0.803. The average Bonchev–Trinajstić information content (AvgIpc) is 3.16. The number of hydrogen-bond donors (Lipinski definition) is 1. The van der Waals surface area contributed by atoms with E-state index in [1.165, 1.54) is 15.5 Å². The van der Waals surface area contributed by atoms with E-state index in [2.05, 4.69) is 10.3 Å². The molecule has 2 aromatic heterocycles. The van der Waals surface area contributed by atoms with Gasteiger partial charge in [-0.15, -0.1) is 0 Å². The summed E-state index contributed by atoms with van der Waals surface area (Å²) in [6.07, 6.45) is 2.94. The lowest BCUT2D eigenvalue weighted by molar-refractivity contribution is 0.0224. The molecule has 12 heteroatoms. The number of carbonyl (C=O) groups excluding carboxylic acids is 3. The third-order valence-corrected chi connectivity index (χ3v) is 7.29. The standard InChI is InChI=1S/C31H36N6O6/c1-5-42-29(40)36-14-15-37-26(38)17-24(21-8-11-32-12-9-21)33-27(37)25(19-36)34-28(39)22-7-6-20-10-13-35(18-23(20)16-22)30(41)43-31(2,3)4/h6-9,11-12,16-17,25H,5,10,13-15,18-19H2,1-4H3,(H,34,39). The van der Waals surface area contributed by atoms with E-state index in [1.54, 1.807) is 48.5 Å². The van der Waals surface area contributed by atoms with E-state index in [0.29, 0.717) is 42.2 Å². The Kier molecular flexibility index (Phi) is 8.47. The highest BCUT2D eigenvalue weighted by molar-refractivity contribution is 5.94. The summed E-state index contributed by atoms with van der Waals surface area (Å²) in [7, 11) is 0. The first kappa shape index (κ1) is 29.7. The lowest BCUT2D eigenvalue weighted by atomic mass is 9.97. The van der Waals surface area contributed by atoms with Crippen molar-refractivity contribution in [1.29, 1.82) is 0 Å². The van der Waals surface area contributed by atoms with Crippen molar-refractivity contribution >= 4 is 18.1 Å². The predicted octanol–water partition coefficient (Wildman–Crippen LogP) is 3.54. The molecule has 0 bridgehead atoms. The number of aromatic nitrogens is 3. The molecule has 3 amide bonds. The number of benzene rings is 1. The summed E-state index contributed by atoms with van der Waals surface area (Å²) in [5.41, 5.74) is 2.54. The first-order chi connectivity index (χ1) is 20.5. The van der Waals surface area contributed by atoms with Gasteiger partial charge < -0.3 is 24.6 Å². The highest BCUT2D eigenvalue weighted by atomic mass is 16.6. The van der Waals surface area contributed by atoms with Crippen LogP contribution in [0.5, 0.6) is 0 Å². The van der Waals surface area contributed by atoms with Gasteiger partial charge in [-0.05, 0) is 69.5 Å². The largest absolute Gasteiger partial charge is 0.450 e. The van der Waals surface area contributed by atoms with Crippen LogP contribution in [-0.2, 0) is 29.0 Å². The summed E-state index contributed by atoms with van der Waals surface area (Å²) in [5.74, 6) is -0.0588. The van der Waals surface area contributed by atoms with E-state index in [-0.39, 0.29) is 31.8 Å². The third-order valence-electron chi connectivity index (χ3n) is 7.29. The van der Waals surface area contributed by atoms with Crippen molar-refractivity contribution in [3.8, 4) is 11.3 Å². The minimum Gasteiger partial charge on any atom is -0.450 e. The molecule has 4 heterocycles. The maximum Gasteiger partial charge on any atom is 0.410 e. The summed E-state index contributed by atoms with van der Waals surface area (Å²) in [5, 5.41) is 3.01. The zero-order chi connectivity index (χ0) is 30.7. The molecule has 2 aliphatic heterocycles. The van der Waals surface area contributed by atoms with Crippen LogP contribution in [0, 0.1) is 0 Å².